The Balaban J connectivity index is 2.22. The molecule has 0 unspecified atom stereocenters. The molecule has 0 N–H and O–H groups in total. The van der Waals surface area contributed by atoms with E-state index in [0.717, 1.165) is 11.1 Å². The number of hydrogen-bond donors (Lipinski definition) is 0. The van der Waals surface area contributed by atoms with Gasteiger partial charge in [0.15, 0.2) is 0 Å². The zero-order chi connectivity index (χ0) is 11.4. The largest absolute Gasteiger partial charge is 0.421 e. The average Bonchev–Trinajstić information content (AvgIpc) is 2.75. The lowest BCUT2D eigenvalue weighted by atomic mass is 10.1. The molecule has 0 saturated carbocycles. The lowest BCUT2D eigenvalue weighted by Crippen LogP contribution is -1.82. The van der Waals surface area contributed by atoms with E-state index in [1.54, 1.807) is 0 Å². The van der Waals surface area contributed by atoms with Crippen LogP contribution in [0.15, 0.2) is 28.7 Å². The van der Waals surface area contributed by atoms with Crippen LogP contribution >= 0.6 is 0 Å². The van der Waals surface area contributed by atoms with Crippen LogP contribution in [0.25, 0.3) is 11.5 Å². The van der Waals surface area contributed by atoms with Crippen molar-refractivity contribution < 1.29 is 4.42 Å². The second-order valence-electron chi connectivity index (χ2n) is 3.53. The van der Waals surface area contributed by atoms with Crippen LogP contribution in [0.1, 0.15) is 17.9 Å². The van der Waals surface area contributed by atoms with Gasteiger partial charge in [0.1, 0.15) is 0 Å². The molecule has 1 heterocycles. The van der Waals surface area contributed by atoms with Crippen molar-refractivity contribution in [1.82, 2.24) is 10.2 Å². The molecule has 16 heavy (non-hydrogen) atoms. The summed E-state index contributed by atoms with van der Waals surface area (Å²) in [5.74, 6) is 1.02. The van der Waals surface area contributed by atoms with Gasteiger partial charge < -0.3 is 4.42 Å². The van der Waals surface area contributed by atoms with E-state index >= 15 is 0 Å². The number of rotatable bonds is 3. The quantitative estimate of drug-likeness (QED) is 0.785. The lowest BCUT2D eigenvalue weighted by Gasteiger charge is -1.95. The van der Waals surface area contributed by atoms with Crippen LogP contribution in [0.4, 0.5) is 0 Å². The highest BCUT2D eigenvalue weighted by Crippen LogP contribution is 2.19. The van der Waals surface area contributed by atoms with Crippen molar-refractivity contribution in [2.45, 2.75) is 19.8 Å². The van der Waals surface area contributed by atoms with Gasteiger partial charge in [-0.25, -0.2) is 0 Å². The van der Waals surface area contributed by atoms with Crippen molar-refractivity contribution in [1.29, 1.82) is 5.26 Å². The van der Waals surface area contributed by atoms with Gasteiger partial charge in [0, 0.05) is 18.4 Å². The molecule has 4 heteroatoms. The topological polar surface area (TPSA) is 62.7 Å². The average molecular weight is 213 g/mol. The van der Waals surface area contributed by atoms with Crippen molar-refractivity contribution in [3.8, 4) is 17.5 Å². The zero-order valence-corrected chi connectivity index (χ0v) is 8.97. The lowest BCUT2D eigenvalue weighted by molar-refractivity contribution is 0.507. The van der Waals surface area contributed by atoms with Crippen molar-refractivity contribution in [2.24, 2.45) is 0 Å². The summed E-state index contributed by atoms with van der Waals surface area (Å²) in [6.45, 7) is 2.01. The molecule has 80 valence electrons. The minimum absolute atomic E-state index is 0.398. The molecule has 1 aromatic carbocycles. The van der Waals surface area contributed by atoms with Gasteiger partial charge in [-0.1, -0.05) is 17.7 Å². The van der Waals surface area contributed by atoms with Gasteiger partial charge in [-0.05, 0) is 19.1 Å². The van der Waals surface area contributed by atoms with Gasteiger partial charge >= 0.3 is 0 Å². The van der Waals surface area contributed by atoms with E-state index in [1.165, 1.54) is 0 Å². The molecule has 2 aromatic rings. The molecule has 0 radical (unpaired) electrons. The fourth-order valence-electron chi connectivity index (χ4n) is 1.41. The molecule has 0 aliphatic carbocycles. The van der Waals surface area contributed by atoms with E-state index in [2.05, 4.69) is 10.2 Å². The summed E-state index contributed by atoms with van der Waals surface area (Å²) in [7, 11) is 0. The number of hydrogen-bond acceptors (Lipinski definition) is 4. The van der Waals surface area contributed by atoms with Crippen molar-refractivity contribution in [3.63, 3.8) is 0 Å². The van der Waals surface area contributed by atoms with Crippen LogP contribution in [-0.4, -0.2) is 10.2 Å². The Morgan fingerprint density at radius 1 is 1.38 bits per heavy atom. The molecule has 1 aromatic heterocycles. The molecule has 0 saturated heterocycles. The maximum absolute atomic E-state index is 8.45. The molecule has 0 bridgehead atoms. The first-order chi connectivity index (χ1) is 7.79. The Hall–Kier alpha value is -2.15. The summed E-state index contributed by atoms with van der Waals surface area (Å²) in [5.41, 5.74) is 2.06. The van der Waals surface area contributed by atoms with E-state index in [1.807, 2.05) is 37.3 Å². The first kappa shape index (κ1) is 10.4. The summed E-state index contributed by atoms with van der Waals surface area (Å²) in [4.78, 5) is 0. The Labute approximate surface area is 93.5 Å². The van der Waals surface area contributed by atoms with Crippen LogP contribution in [0, 0.1) is 18.3 Å². The van der Waals surface area contributed by atoms with Crippen LogP contribution < -0.4 is 0 Å². The maximum atomic E-state index is 8.45. The first-order valence-electron chi connectivity index (χ1n) is 5.06. The molecule has 4 nitrogen and oxygen atoms in total. The van der Waals surface area contributed by atoms with Gasteiger partial charge in [0.2, 0.25) is 11.8 Å². The summed E-state index contributed by atoms with van der Waals surface area (Å²) < 4.78 is 5.45. The molecule has 0 aliphatic heterocycles. The number of aromatic nitrogens is 2. The number of benzene rings is 1. The number of aryl methyl sites for hydroxylation is 2. The Morgan fingerprint density at radius 2 is 2.25 bits per heavy atom. The normalized spacial score (nSPS) is 10.0. The van der Waals surface area contributed by atoms with Crippen LogP contribution in [0.5, 0.6) is 0 Å². The SMILES string of the molecule is Cc1cccc(-c2nnc(CCC#N)o2)c1. The summed E-state index contributed by atoms with van der Waals surface area (Å²) in [5, 5.41) is 16.3. The highest BCUT2D eigenvalue weighted by atomic mass is 16.4. The van der Waals surface area contributed by atoms with E-state index in [9.17, 15) is 0 Å². The number of nitriles is 1. The molecule has 0 spiro atoms. The molecule has 0 aliphatic rings. The Bertz CT molecular complexity index is 525. The summed E-state index contributed by atoms with van der Waals surface area (Å²) in [6.07, 6.45) is 0.908. The monoisotopic (exact) mass is 213 g/mol. The highest BCUT2D eigenvalue weighted by molar-refractivity contribution is 5.53. The minimum Gasteiger partial charge on any atom is -0.421 e. The molecule has 0 fully saturated rings. The van der Waals surface area contributed by atoms with Gasteiger partial charge in [-0.2, -0.15) is 5.26 Å². The van der Waals surface area contributed by atoms with Crippen LogP contribution in [-0.2, 0) is 6.42 Å². The van der Waals surface area contributed by atoms with Crippen molar-refractivity contribution in [3.05, 3.63) is 35.7 Å². The predicted molar refractivity (Wildman–Crippen MR) is 58.4 cm³/mol. The molecule has 0 atom stereocenters. The predicted octanol–water partition coefficient (Wildman–Crippen LogP) is 2.50. The summed E-state index contributed by atoms with van der Waals surface area (Å²) >= 11 is 0. The van der Waals surface area contributed by atoms with Gasteiger partial charge in [-0.3, -0.25) is 0 Å². The van der Waals surface area contributed by atoms with E-state index < -0.39 is 0 Å². The van der Waals surface area contributed by atoms with E-state index in [-0.39, 0.29) is 0 Å². The summed E-state index contributed by atoms with van der Waals surface area (Å²) in [6, 6.07) is 9.92. The molecular formula is C12H11N3O. The van der Waals surface area contributed by atoms with E-state index in [0.29, 0.717) is 24.6 Å². The molecular weight excluding hydrogens is 202 g/mol. The second-order valence-corrected chi connectivity index (χ2v) is 3.53. The smallest absolute Gasteiger partial charge is 0.247 e. The highest BCUT2D eigenvalue weighted by Gasteiger charge is 2.07. The third-order valence-electron chi connectivity index (χ3n) is 2.18. The van der Waals surface area contributed by atoms with Crippen molar-refractivity contribution in [2.75, 3.05) is 0 Å². The fraction of sp³-hybridized carbons (Fsp3) is 0.250. The zero-order valence-electron chi connectivity index (χ0n) is 8.97. The first-order valence-corrected chi connectivity index (χ1v) is 5.06. The third-order valence-corrected chi connectivity index (χ3v) is 2.18. The van der Waals surface area contributed by atoms with E-state index in [4.69, 9.17) is 9.68 Å². The van der Waals surface area contributed by atoms with Crippen LogP contribution in [0.3, 0.4) is 0 Å². The van der Waals surface area contributed by atoms with Gasteiger partial charge in [-0.15, -0.1) is 10.2 Å². The standard InChI is InChI=1S/C12H11N3O/c1-9-4-2-5-10(8-9)12-15-14-11(16-12)6-3-7-13/h2,4-5,8H,3,6H2,1H3. The van der Waals surface area contributed by atoms with Gasteiger partial charge in [0.05, 0.1) is 6.07 Å². The maximum Gasteiger partial charge on any atom is 0.247 e. The van der Waals surface area contributed by atoms with Gasteiger partial charge in [0.25, 0.3) is 0 Å². The van der Waals surface area contributed by atoms with Crippen LogP contribution in [0.2, 0.25) is 0 Å². The minimum atomic E-state index is 0.398. The van der Waals surface area contributed by atoms with Crippen molar-refractivity contribution >= 4 is 0 Å². The Kier molecular flexibility index (Phi) is 2.97. The Morgan fingerprint density at radius 3 is 3.00 bits per heavy atom. The third kappa shape index (κ3) is 2.26. The molecule has 2 rings (SSSR count). The second kappa shape index (κ2) is 4.58. The molecule has 0 amide bonds. The fourth-order valence-corrected chi connectivity index (χ4v) is 1.41. The number of nitrogens with zero attached hydrogens (tertiary/aromatic N) is 3.